The maximum Gasteiger partial charge on any atom is 0.234 e. The zero-order valence-corrected chi connectivity index (χ0v) is 15.5. The van der Waals surface area contributed by atoms with Gasteiger partial charge >= 0.3 is 0 Å². The summed E-state index contributed by atoms with van der Waals surface area (Å²) in [6.07, 6.45) is 9.90. The van der Waals surface area contributed by atoms with E-state index < -0.39 is 5.95 Å². The van der Waals surface area contributed by atoms with E-state index in [0.717, 1.165) is 38.9 Å². The fourth-order valence-electron chi connectivity index (χ4n) is 3.97. The van der Waals surface area contributed by atoms with E-state index in [9.17, 15) is 4.39 Å². The number of aromatic nitrogens is 2. The van der Waals surface area contributed by atoms with Crippen molar-refractivity contribution in [1.82, 2.24) is 9.97 Å². The van der Waals surface area contributed by atoms with Gasteiger partial charge in [0.2, 0.25) is 5.95 Å². The highest BCUT2D eigenvalue weighted by molar-refractivity contribution is 5.24. The molecule has 142 valence electrons. The molecule has 2 fully saturated rings. The fourth-order valence-corrected chi connectivity index (χ4v) is 3.97. The van der Waals surface area contributed by atoms with Gasteiger partial charge in [0.25, 0.3) is 0 Å². The van der Waals surface area contributed by atoms with Crippen LogP contribution in [0.2, 0.25) is 0 Å². The lowest BCUT2D eigenvalue weighted by molar-refractivity contribution is -0.229. The summed E-state index contributed by atoms with van der Waals surface area (Å²) in [7, 11) is 0. The Morgan fingerprint density at radius 1 is 1.19 bits per heavy atom. The molecule has 2 aliphatic rings. The average molecular weight is 361 g/mol. The number of nitrogens with zero attached hydrogens (tertiary/aromatic N) is 3. The number of hydrogen-bond donors (Lipinski definition) is 0. The first kappa shape index (κ1) is 19.2. The van der Waals surface area contributed by atoms with Gasteiger partial charge in [0.1, 0.15) is 17.5 Å². The first-order valence-electron chi connectivity index (χ1n) is 9.87. The normalized spacial score (nSPS) is 29.3. The van der Waals surface area contributed by atoms with Crippen LogP contribution in [-0.2, 0) is 9.47 Å². The second kappa shape index (κ2) is 9.38. The lowest BCUT2D eigenvalue weighted by Gasteiger charge is -2.37. The molecule has 1 aromatic rings. The van der Waals surface area contributed by atoms with Gasteiger partial charge in [-0.2, -0.15) is 9.65 Å². The molecule has 0 atom stereocenters. The van der Waals surface area contributed by atoms with Crippen molar-refractivity contribution >= 4 is 0 Å². The zero-order valence-electron chi connectivity index (χ0n) is 15.5. The molecule has 0 bridgehead atoms. The third-order valence-corrected chi connectivity index (χ3v) is 5.61. The Morgan fingerprint density at radius 3 is 2.54 bits per heavy atom. The Labute approximate surface area is 154 Å². The number of halogens is 1. The summed E-state index contributed by atoms with van der Waals surface area (Å²) in [5, 5.41) is 8.78. The summed E-state index contributed by atoms with van der Waals surface area (Å²) in [6, 6.07) is 1.76. The number of hydrogen-bond acceptors (Lipinski definition) is 5. The standard InChI is InChI=1S/C20H28FN3O2/c1-2-3-4-5-14-12-25-20(26-13-14)16-8-6-15(7-9-16)19-23-11-17(10-22)18(21)24-19/h11,14-16,20H,2-9,12-13H2,1H3/t14-,15?,16?,20-. The fraction of sp³-hybridized carbons (Fsp3) is 0.750. The molecule has 0 spiro atoms. The molecule has 6 heteroatoms. The minimum Gasteiger partial charge on any atom is -0.352 e. The van der Waals surface area contributed by atoms with Crippen LogP contribution in [0.1, 0.15) is 75.6 Å². The summed E-state index contributed by atoms with van der Waals surface area (Å²) in [6.45, 7) is 3.83. The molecule has 1 aromatic heterocycles. The van der Waals surface area contributed by atoms with Crippen LogP contribution in [0, 0.1) is 29.1 Å². The van der Waals surface area contributed by atoms with Crippen molar-refractivity contribution in [3.63, 3.8) is 0 Å². The second-order valence-corrected chi connectivity index (χ2v) is 7.55. The minimum atomic E-state index is -0.715. The molecule has 0 amide bonds. The van der Waals surface area contributed by atoms with Gasteiger partial charge in [-0.3, -0.25) is 0 Å². The molecule has 1 saturated heterocycles. The Morgan fingerprint density at radius 2 is 1.92 bits per heavy atom. The van der Waals surface area contributed by atoms with Crippen molar-refractivity contribution in [3.8, 4) is 6.07 Å². The molecule has 26 heavy (non-hydrogen) atoms. The molecule has 1 aliphatic carbocycles. The summed E-state index contributed by atoms with van der Waals surface area (Å²) < 4.78 is 25.7. The number of unbranched alkanes of at least 4 members (excludes halogenated alkanes) is 2. The van der Waals surface area contributed by atoms with E-state index in [1.807, 2.05) is 0 Å². The molecular weight excluding hydrogens is 333 g/mol. The van der Waals surface area contributed by atoms with E-state index in [-0.39, 0.29) is 17.8 Å². The summed E-state index contributed by atoms with van der Waals surface area (Å²) in [5.74, 6) is 0.878. The van der Waals surface area contributed by atoms with Crippen LogP contribution in [0.15, 0.2) is 6.20 Å². The third kappa shape index (κ3) is 4.77. The Hall–Kier alpha value is -1.58. The van der Waals surface area contributed by atoms with Crippen molar-refractivity contribution < 1.29 is 13.9 Å². The highest BCUT2D eigenvalue weighted by Crippen LogP contribution is 2.38. The van der Waals surface area contributed by atoms with E-state index in [0.29, 0.717) is 17.7 Å². The predicted octanol–water partition coefficient (Wildman–Crippen LogP) is 4.33. The third-order valence-electron chi connectivity index (χ3n) is 5.61. The summed E-state index contributed by atoms with van der Waals surface area (Å²) in [4.78, 5) is 8.07. The molecule has 0 radical (unpaired) electrons. The van der Waals surface area contributed by atoms with Crippen LogP contribution in [0.4, 0.5) is 4.39 Å². The van der Waals surface area contributed by atoms with E-state index in [1.165, 1.54) is 31.9 Å². The predicted molar refractivity (Wildman–Crippen MR) is 94.7 cm³/mol. The molecule has 2 heterocycles. The molecule has 1 saturated carbocycles. The monoisotopic (exact) mass is 361 g/mol. The van der Waals surface area contributed by atoms with E-state index >= 15 is 0 Å². The van der Waals surface area contributed by atoms with Gasteiger partial charge in [0.15, 0.2) is 6.29 Å². The van der Waals surface area contributed by atoms with Crippen LogP contribution in [-0.4, -0.2) is 29.5 Å². The van der Waals surface area contributed by atoms with Crippen LogP contribution in [0.5, 0.6) is 0 Å². The Bertz CT molecular complexity index is 618. The molecule has 0 N–H and O–H groups in total. The average Bonchev–Trinajstić information content (AvgIpc) is 2.69. The summed E-state index contributed by atoms with van der Waals surface area (Å²) in [5.41, 5.74) is -0.0973. The van der Waals surface area contributed by atoms with Gasteiger partial charge in [-0.1, -0.05) is 26.2 Å². The van der Waals surface area contributed by atoms with Gasteiger partial charge in [0.05, 0.1) is 19.4 Å². The van der Waals surface area contributed by atoms with Crippen molar-refractivity contribution in [2.45, 2.75) is 70.5 Å². The van der Waals surface area contributed by atoms with E-state index in [1.54, 1.807) is 6.07 Å². The zero-order chi connectivity index (χ0) is 18.4. The molecule has 0 aromatic carbocycles. The quantitative estimate of drug-likeness (QED) is 0.557. The molecule has 3 rings (SSSR count). The highest BCUT2D eigenvalue weighted by atomic mass is 19.1. The van der Waals surface area contributed by atoms with Gasteiger partial charge in [-0.25, -0.2) is 9.97 Å². The maximum atomic E-state index is 13.7. The van der Waals surface area contributed by atoms with Crippen LogP contribution < -0.4 is 0 Å². The smallest absolute Gasteiger partial charge is 0.234 e. The minimum absolute atomic E-state index is 0.0973. The Balaban J connectivity index is 1.44. The topological polar surface area (TPSA) is 68.0 Å². The van der Waals surface area contributed by atoms with Crippen molar-refractivity contribution in [2.24, 2.45) is 11.8 Å². The van der Waals surface area contributed by atoms with Gasteiger partial charge in [-0.05, 0) is 32.1 Å². The van der Waals surface area contributed by atoms with Gasteiger partial charge < -0.3 is 9.47 Å². The molecule has 1 aliphatic heterocycles. The number of nitriles is 1. The van der Waals surface area contributed by atoms with E-state index in [4.69, 9.17) is 14.7 Å². The van der Waals surface area contributed by atoms with Gasteiger partial charge in [0, 0.05) is 17.8 Å². The molecular formula is C20H28FN3O2. The lowest BCUT2D eigenvalue weighted by atomic mass is 9.81. The van der Waals surface area contributed by atoms with Crippen molar-refractivity contribution in [1.29, 1.82) is 5.26 Å². The van der Waals surface area contributed by atoms with Crippen molar-refractivity contribution in [3.05, 3.63) is 23.5 Å². The lowest BCUT2D eigenvalue weighted by Crippen LogP contribution is -2.38. The molecule has 0 unspecified atom stereocenters. The first-order chi connectivity index (χ1) is 12.7. The number of ether oxygens (including phenoxy) is 2. The van der Waals surface area contributed by atoms with Gasteiger partial charge in [-0.15, -0.1) is 0 Å². The number of rotatable bonds is 6. The first-order valence-corrected chi connectivity index (χ1v) is 9.87. The highest BCUT2D eigenvalue weighted by Gasteiger charge is 2.33. The van der Waals surface area contributed by atoms with Crippen LogP contribution >= 0.6 is 0 Å². The summed E-state index contributed by atoms with van der Waals surface area (Å²) >= 11 is 0. The maximum absolute atomic E-state index is 13.7. The van der Waals surface area contributed by atoms with Crippen molar-refractivity contribution in [2.75, 3.05) is 13.2 Å². The second-order valence-electron chi connectivity index (χ2n) is 7.55. The molecule has 5 nitrogen and oxygen atoms in total. The van der Waals surface area contributed by atoms with E-state index in [2.05, 4.69) is 16.9 Å². The van der Waals surface area contributed by atoms with Crippen LogP contribution in [0.25, 0.3) is 0 Å². The largest absolute Gasteiger partial charge is 0.352 e. The Kier molecular flexibility index (Phi) is 6.93. The van der Waals surface area contributed by atoms with Crippen LogP contribution in [0.3, 0.4) is 0 Å². The SMILES string of the molecule is CCCCC[C@H]1CO[C@H](C2CCC(c3ncc(C#N)c(F)n3)CC2)OC1.